The summed E-state index contributed by atoms with van der Waals surface area (Å²) in [6.07, 6.45) is 3.07. The summed E-state index contributed by atoms with van der Waals surface area (Å²) < 4.78 is 0. The molecule has 36 heavy (non-hydrogen) atoms. The lowest BCUT2D eigenvalue weighted by Crippen LogP contribution is -2.49. The quantitative estimate of drug-likeness (QED) is 0.351. The van der Waals surface area contributed by atoms with E-state index < -0.39 is 18.1 Å². The van der Waals surface area contributed by atoms with Crippen molar-refractivity contribution in [3.63, 3.8) is 0 Å². The van der Waals surface area contributed by atoms with Crippen LogP contribution in [0.25, 0.3) is 0 Å². The summed E-state index contributed by atoms with van der Waals surface area (Å²) >= 11 is 0. The van der Waals surface area contributed by atoms with Crippen LogP contribution in [0, 0.1) is 23.7 Å². The van der Waals surface area contributed by atoms with E-state index in [4.69, 9.17) is 0 Å². The number of hydrogen-bond acceptors (Lipinski definition) is 4. The Morgan fingerprint density at radius 3 is 1.83 bits per heavy atom. The number of aliphatic hydroxyl groups excluding tert-OH is 1. The van der Waals surface area contributed by atoms with Crippen molar-refractivity contribution in [1.82, 2.24) is 10.6 Å². The van der Waals surface area contributed by atoms with Crippen LogP contribution in [0.5, 0.6) is 0 Å². The topological polar surface area (TPSA) is 95.5 Å². The number of hydrogen-bond donors (Lipinski definition) is 3. The third-order valence-electron chi connectivity index (χ3n) is 6.43. The minimum atomic E-state index is -0.871. The van der Waals surface area contributed by atoms with Crippen LogP contribution in [0.15, 0.2) is 60.7 Å². The minimum Gasteiger partial charge on any atom is -0.391 e. The van der Waals surface area contributed by atoms with Crippen molar-refractivity contribution in [2.45, 2.75) is 65.5 Å². The number of benzene rings is 2. The van der Waals surface area contributed by atoms with Gasteiger partial charge < -0.3 is 15.7 Å². The van der Waals surface area contributed by atoms with Crippen LogP contribution in [0.3, 0.4) is 0 Å². The summed E-state index contributed by atoms with van der Waals surface area (Å²) in [7, 11) is 0. The molecule has 2 rings (SSSR count). The lowest BCUT2D eigenvalue weighted by molar-refractivity contribution is -0.129. The molecule has 0 saturated heterocycles. The van der Waals surface area contributed by atoms with Gasteiger partial charge in [0.2, 0.25) is 18.1 Å². The zero-order chi connectivity index (χ0) is 26.5. The van der Waals surface area contributed by atoms with Gasteiger partial charge in [-0.2, -0.15) is 0 Å². The Kier molecular flexibility index (Phi) is 12.3. The fourth-order valence-corrected chi connectivity index (χ4v) is 4.33. The van der Waals surface area contributed by atoms with Gasteiger partial charge in [-0.1, -0.05) is 88.4 Å². The van der Waals surface area contributed by atoms with Gasteiger partial charge in [0, 0.05) is 11.8 Å². The van der Waals surface area contributed by atoms with Gasteiger partial charge in [-0.05, 0) is 48.6 Å². The molecule has 0 aliphatic heterocycles. The summed E-state index contributed by atoms with van der Waals surface area (Å²) in [5.74, 6) is -0.981. The lowest BCUT2D eigenvalue weighted by Gasteiger charge is -2.28. The van der Waals surface area contributed by atoms with Gasteiger partial charge in [0.25, 0.3) is 0 Å². The molecule has 1 radical (unpaired) electrons. The van der Waals surface area contributed by atoms with E-state index in [1.54, 1.807) is 0 Å². The maximum absolute atomic E-state index is 13.1. The van der Waals surface area contributed by atoms with Crippen LogP contribution >= 0.6 is 0 Å². The van der Waals surface area contributed by atoms with Crippen molar-refractivity contribution in [3.05, 3.63) is 71.8 Å². The monoisotopic (exact) mass is 493 g/mol. The van der Waals surface area contributed by atoms with Crippen LogP contribution in [0.1, 0.15) is 51.7 Å². The molecule has 3 atom stereocenters. The maximum Gasteiger partial charge on any atom is 0.239 e. The van der Waals surface area contributed by atoms with E-state index in [0.29, 0.717) is 19.3 Å². The van der Waals surface area contributed by atoms with Crippen LogP contribution in [0.4, 0.5) is 0 Å². The molecule has 0 unspecified atom stereocenters. The first-order chi connectivity index (χ1) is 17.2. The van der Waals surface area contributed by atoms with Crippen molar-refractivity contribution in [2.24, 2.45) is 23.7 Å². The Morgan fingerprint density at radius 2 is 1.39 bits per heavy atom. The number of aliphatic hydroxyl groups is 1. The van der Waals surface area contributed by atoms with Gasteiger partial charge >= 0.3 is 0 Å². The van der Waals surface area contributed by atoms with Crippen LogP contribution in [-0.2, 0) is 27.2 Å². The van der Waals surface area contributed by atoms with Crippen molar-refractivity contribution in [2.75, 3.05) is 6.54 Å². The molecule has 0 aliphatic carbocycles. The molecule has 0 saturated carbocycles. The highest BCUT2D eigenvalue weighted by molar-refractivity contribution is 5.86. The summed E-state index contributed by atoms with van der Waals surface area (Å²) in [5, 5.41) is 16.4. The standard InChI is InChI=1S/C30H41N2O4/c1-21(2)15-27(28(34)18-26(20-33)22(3)4)32-29(35)19-31-30(36)25(16-23-11-7-5-8-12-23)17-24-13-9-6-10-14-24/h5-14,21-22,25-28,34H,15-19H2,1-4H3,(H,31,36)(H,32,35)/t26-,27+,28+/m1/s1. The smallest absolute Gasteiger partial charge is 0.239 e. The summed E-state index contributed by atoms with van der Waals surface area (Å²) in [4.78, 5) is 37.2. The molecule has 2 aromatic rings. The molecular weight excluding hydrogens is 452 g/mol. The Morgan fingerprint density at radius 1 is 0.861 bits per heavy atom. The van der Waals surface area contributed by atoms with E-state index in [9.17, 15) is 19.5 Å². The second-order valence-corrected chi connectivity index (χ2v) is 10.4. The maximum atomic E-state index is 13.1. The van der Waals surface area contributed by atoms with Gasteiger partial charge in [0.1, 0.15) is 0 Å². The predicted octanol–water partition coefficient (Wildman–Crippen LogP) is 3.87. The first-order valence-corrected chi connectivity index (χ1v) is 12.9. The lowest BCUT2D eigenvalue weighted by atomic mass is 9.87. The largest absolute Gasteiger partial charge is 0.391 e. The third kappa shape index (κ3) is 10.3. The van der Waals surface area contributed by atoms with Crippen molar-refractivity contribution < 1.29 is 19.5 Å². The SMILES string of the molecule is CC(C)C[C@H](NC(=O)CNC(=O)C(Cc1ccccc1)Cc1ccccc1)[C@@H](O)C[C@H]([C]=O)C(C)C. The van der Waals surface area contributed by atoms with E-state index in [1.165, 1.54) is 0 Å². The van der Waals surface area contributed by atoms with Gasteiger partial charge in [0.15, 0.2) is 0 Å². The van der Waals surface area contributed by atoms with E-state index >= 15 is 0 Å². The number of carbonyl (C=O) groups is 2. The number of amides is 2. The predicted molar refractivity (Wildman–Crippen MR) is 143 cm³/mol. The highest BCUT2D eigenvalue weighted by Gasteiger charge is 2.27. The first-order valence-electron chi connectivity index (χ1n) is 12.9. The van der Waals surface area contributed by atoms with E-state index in [2.05, 4.69) is 10.6 Å². The molecule has 0 heterocycles. The van der Waals surface area contributed by atoms with E-state index in [0.717, 1.165) is 11.1 Å². The summed E-state index contributed by atoms with van der Waals surface area (Å²) in [6.45, 7) is 7.67. The molecule has 3 N–H and O–H groups in total. The Bertz CT molecular complexity index is 889. The molecule has 6 nitrogen and oxygen atoms in total. The average Bonchev–Trinajstić information content (AvgIpc) is 2.85. The second-order valence-electron chi connectivity index (χ2n) is 10.4. The van der Waals surface area contributed by atoms with Crippen molar-refractivity contribution in [1.29, 1.82) is 0 Å². The zero-order valence-electron chi connectivity index (χ0n) is 21.9. The fraction of sp³-hybridized carbons (Fsp3) is 0.500. The Balaban J connectivity index is 2.01. The van der Waals surface area contributed by atoms with E-state index in [-0.39, 0.29) is 42.5 Å². The summed E-state index contributed by atoms with van der Waals surface area (Å²) in [6, 6.07) is 19.2. The average molecular weight is 494 g/mol. The molecule has 6 heteroatoms. The molecule has 2 aromatic carbocycles. The normalized spacial score (nSPS) is 13.9. The molecule has 0 aromatic heterocycles. The fourth-order valence-electron chi connectivity index (χ4n) is 4.33. The highest BCUT2D eigenvalue weighted by Crippen LogP contribution is 2.20. The third-order valence-corrected chi connectivity index (χ3v) is 6.43. The van der Waals surface area contributed by atoms with Crippen molar-refractivity contribution >= 4 is 18.1 Å². The van der Waals surface area contributed by atoms with Crippen molar-refractivity contribution in [3.8, 4) is 0 Å². The molecular formula is C30H41N2O4. The van der Waals surface area contributed by atoms with Crippen LogP contribution in [-0.4, -0.2) is 41.9 Å². The molecule has 0 spiro atoms. The zero-order valence-corrected chi connectivity index (χ0v) is 21.9. The highest BCUT2D eigenvalue weighted by atomic mass is 16.3. The Hall–Kier alpha value is -2.99. The van der Waals surface area contributed by atoms with Gasteiger partial charge in [-0.25, -0.2) is 0 Å². The molecule has 0 bridgehead atoms. The van der Waals surface area contributed by atoms with E-state index in [1.807, 2.05) is 94.6 Å². The number of carbonyl (C=O) groups excluding carboxylic acids is 3. The molecule has 2 amide bonds. The number of nitrogens with one attached hydrogen (secondary N) is 2. The summed E-state index contributed by atoms with van der Waals surface area (Å²) in [5.41, 5.74) is 2.12. The Labute approximate surface area is 215 Å². The van der Waals surface area contributed by atoms with Gasteiger partial charge in [-0.15, -0.1) is 0 Å². The molecule has 195 valence electrons. The molecule has 0 aliphatic rings. The van der Waals surface area contributed by atoms with Crippen LogP contribution in [0.2, 0.25) is 0 Å². The van der Waals surface area contributed by atoms with Gasteiger partial charge in [0.05, 0.1) is 18.7 Å². The van der Waals surface area contributed by atoms with Gasteiger partial charge in [-0.3, -0.25) is 14.4 Å². The number of rotatable bonds is 15. The second kappa shape index (κ2) is 15.2. The minimum absolute atomic E-state index is 0.0537. The molecule has 0 fully saturated rings. The van der Waals surface area contributed by atoms with Crippen LogP contribution < -0.4 is 10.6 Å². The first kappa shape index (κ1) is 29.2.